The molecule has 1 aliphatic carbocycles. The lowest BCUT2D eigenvalue weighted by Gasteiger charge is -2.30. The van der Waals surface area contributed by atoms with Crippen LogP contribution >= 0.6 is 0 Å². The molecule has 1 N–H and O–H groups in total. The lowest BCUT2D eigenvalue weighted by Crippen LogP contribution is -2.39. The van der Waals surface area contributed by atoms with Gasteiger partial charge in [0, 0.05) is 18.8 Å². The van der Waals surface area contributed by atoms with E-state index in [0.29, 0.717) is 12.6 Å². The first-order valence-corrected chi connectivity index (χ1v) is 8.50. The van der Waals surface area contributed by atoms with E-state index in [1.54, 1.807) is 0 Å². The number of hydrogen-bond acceptors (Lipinski definition) is 3. The summed E-state index contributed by atoms with van der Waals surface area (Å²) < 4.78 is 22.1. The van der Waals surface area contributed by atoms with E-state index in [-0.39, 0.29) is 5.75 Å². The monoisotopic (exact) mass is 247 g/mol. The van der Waals surface area contributed by atoms with Crippen molar-refractivity contribution in [2.75, 3.05) is 18.6 Å². The Labute approximate surface area is 99.9 Å². The van der Waals surface area contributed by atoms with Gasteiger partial charge in [-0.25, -0.2) is 8.42 Å². The van der Waals surface area contributed by atoms with Gasteiger partial charge in [0.05, 0.1) is 5.75 Å². The molecule has 0 aromatic rings. The van der Waals surface area contributed by atoms with Crippen LogP contribution in [0.5, 0.6) is 0 Å². The molecule has 1 saturated carbocycles. The molecule has 1 unspecified atom stereocenters. The molecule has 0 amide bonds. The van der Waals surface area contributed by atoms with Crippen molar-refractivity contribution in [3.05, 3.63) is 0 Å². The summed E-state index contributed by atoms with van der Waals surface area (Å²) in [4.78, 5) is 0. The highest BCUT2D eigenvalue weighted by atomic mass is 32.2. The van der Waals surface area contributed by atoms with E-state index in [1.807, 2.05) is 0 Å². The Morgan fingerprint density at radius 1 is 1.25 bits per heavy atom. The molecule has 1 atom stereocenters. The maximum atomic E-state index is 11.0. The third-order valence-electron chi connectivity index (χ3n) is 3.54. The van der Waals surface area contributed by atoms with Crippen LogP contribution < -0.4 is 5.32 Å². The molecule has 1 aliphatic rings. The van der Waals surface area contributed by atoms with Crippen LogP contribution in [0.3, 0.4) is 0 Å². The Morgan fingerprint density at radius 2 is 1.88 bits per heavy atom. The van der Waals surface area contributed by atoms with Gasteiger partial charge < -0.3 is 5.32 Å². The minimum Gasteiger partial charge on any atom is -0.313 e. The van der Waals surface area contributed by atoms with Crippen molar-refractivity contribution < 1.29 is 8.42 Å². The minimum absolute atomic E-state index is 0.260. The van der Waals surface area contributed by atoms with E-state index in [4.69, 9.17) is 0 Å². The maximum absolute atomic E-state index is 11.0. The van der Waals surface area contributed by atoms with E-state index in [1.165, 1.54) is 38.4 Å². The van der Waals surface area contributed by atoms with Gasteiger partial charge in [-0.2, -0.15) is 0 Å². The van der Waals surface area contributed by atoms with E-state index in [9.17, 15) is 8.42 Å². The van der Waals surface area contributed by atoms with Gasteiger partial charge in [0.25, 0.3) is 0 Å². The summed E-state index contributed by atoms with van der Waals surface area (Å²) in [7, 11) is -2.82. The van der Waals surface area contributed by atoms with Crippen molar-refractivity contribution in [3.63, 3.8) is 0 Å². The van der Waals surface area contributed by atoms with Crippen LogP contribution in [0.1, 0.15) is 45.4 Å². The Kier molecular flexibility index (Phi) is 5.76. The molecule has 0 saturated heterocycles. The molecule has 96 valence electrons. The Morgan fingerprint density at radius 3 is 2.38 bits per heavy atom. The fourth-order valence-corrected chi connectivity index (χ4v) is 3.10. The van der Waals surface area contributed by atoms with Gasteiger partial charge >= 0.3 is 0 Å². The summed E-state index contributed by atoms with van der Waals surface area (Å²) in [6.45, 7) is 2.79. The first kappa shape index (κ1) is 14.0. The Bertz CT molecular complexity index is 281. The van der Waals surface area contributed by atoms with E-state index in [2.05, 4.69) is 12.2 Å². The van der Waals surface area contributed by atoms with E-state index >= 15 is 0 Å². The Hall–Kier alpha value is -0.0900. The summed E-state index contributed by atoms with van der Waals surface area (Å²) >= 11 is 0. The molecule has 0 aliphatic heterocycles. The van der Waals surface area contributed by atoms with Gasteiger partial charge in [-0.3, -0.25) is 0 Å². The smallest absolute Gasteiger partial charge is 0.148 e. The van der Waals surface area contributed by atoms with Crippen LogP contribution in [0.25, 0.3) is 0 Å². The lowest BCUT2D eigenvalue weighted by atomic mass is 9.83. The van der Waals surface area contributed by atoms with Gasteiger partial charge in [-0.05, 0) is 25.2 Å². The third kappa shape index (κ3) is 5.30. The zero-order valence-electron chi connectivity index (χ0n) is 10.5. The summed E-state index contributed by atoms with van der Waals surface area (Å²) in [5.74, 6) is 1.02. The maximum Gasteiger partial charge on any atom is 0.148 e. The second kappa shape index (κ2) is 6.60. The fourth-order valence-electron chi connectivity index (χ4n) is 2.61. The van der Waals surface area contributed by atoms with Gasteiger partial charge in [0.15, 0.2) is 0 Å². The molecule has 0 aromatic carbocycles. The van der Waals surface area contributed by atoms with Crippen molar-refractivity contribution in [2.45, 2.75) is 51.5 Å². The van der Waals surface area contributed by atoms with Crippen LogP contribution in [-0.2, 0) is 9.84 Å². The van der Waals surface area contributed by atoms with Crippen LogP contribution in [0.4, 0.5) is 0 Å². The molecule has 0 aromatic heterocycles. The minimum atomic E-state index is -2.82. The number of sulfone groups is 1. The second-order valence-corrected chi connectivity index (χ2v) is 7.26. The number of hydrogen-bond donors (Lipinski definition) is 1. The molecule has 0 bridgehead atoms. The third-order valence-corrected chi connectivity index (χ3v) is 4.48. The van der Waals surface area contributed by atoms with Crippen molar-refractivity contribution in [1.29, 1.82) is 0 Å². The normalized spacial score (nSPS) is 20.9. The molecule has 1 rings (SSSR count). The zero-order valence-corrected chi connectivity index (χ0v) is 11.4. The second-order valence-electron chi connectivity index (χ2n) is 5.00. The van der Waals surface area contributed by atoms with Crippen molar-refractivity contribution in [3.8, 4) is 0 Å². The number of nitrogens with one attached hydrogen (secondary N) is 1. The predicted octanol–water partition coefficient (Wildman–Crippen LogP) is 1.98. The Balaban J connectivity index is 2.30. The predicted molar refractivity (Wildman–Crippen MR) is 68.4 cm³/mol. The first-order chi connectivity index (χ1) is 7.53. The molecule has 0 spiro atoms. The highest BCUT2D eigenvalue weighted by molar-refractivity contribution is 7.90. The highest BCUT2D eigenvalue weighted by Crippen LogP contribution is 2.27. The zero-order chi connectivity index (χ0) is 12.0. The molecule has 0 heterocycles. The molecule has 16 heavy (non-hydrogen) atoms. The number of rotatable bonds is 6. The van der Waals surface area contributed by atoms with Crippen molar-refractivity contribution in [1.82, 2.24) is 5.32 Å². The van der Waals surface area contributed by atoms with Gasteiger partial charge in [-0.15, -0.1) is 0 Å². The molecule has 0 radical (unpaired) electrons. The van der Waals surface area contributed by atoms with E-state index in [0.717, 1.165) is 12.3 Å². The SMILES string of the molecule is CCC(NCCS(C)(=O)=O)C1CCCCC1. The van der Waals surface area contributed by atoms with Crippen molar-refractivity contribution >= 4 is 9.84 Å². The van der Waals surface area contributed by atoms with Gasteiger partial charge in [-0.1, -0.05) is 26.2 Å². The van der Waals surface area contributed by atoms with Crippen LogP contribution in [0.2, 0.25) is 0 Å². The fraction of sp³-hybridized carbons (Fsp3) is 1.00. The summed E-state index contributed by atoms with van der Waals surface area (Å²) in [6, 6.07) is 0.516. The van der Waals surface area contributed by atoms with Gasteiger partial charge in [0.2, 0.25) is 0 Å². The van der Waals surface area contributed by atoms with Gasteiger partial charge in [0.1, 0.15) is 9.84 Å². The van der Waals surface area contributed by atoms with E-state index < -0.39 is 9.84 Å². The molecule has 4 heteroatoms. The van der Waals surface area contributed by atoms with Crippen LogP contribution in [0.15, 0.2) is 0 Å². The molecule has 1 fully saturated rings. The lowest BCUT2D eigenvalue weighted by molar-refractivity contribution is 0.266. The average molecular weight is 247 g/mol. The van der Waals surface area contributed by atoms with Crippen LogP contribution in [-0.4, -0.2) is 33.0 Å². The summed E-state index contributed by atoms with van der Waals surface area (Å²) in [6.07, 6.45) is 9.08. The highest BCUT2D eigenvalue weighted by Gasteiger charge is 2.21. The van der Waals surface area contributed by atoms with Crippen molar-refractivity contribution in [2.24, 2.45) is 5.92 Å². The standard InChI is InChI=1S/C12H25NO2S/c1-3-12(11-7-5-4-6-8-11)13-9-10-16(2,14)15/h11-13H,3-10H2,1-2H3. The molecule has 3 nitrogen and oxygen atoms in total. The van der Waals surface area contributed by atoms with Crippen LogP contribution in [0, 0.1) is 5.92 Å². The first-order valence-electron chi connectivity index (χ1n) is 6.44. The average Bonchev–Trinajstić information content (AvgIpc) is 2.24. The largest absolute Gasteiger partial charge is 0.313 e. The molecular weight excluding hydrogens is 222 g/mol. The quantitative estimate of drug-likeness (QED) is 0.780. The topological polar surface area (TPSA) is 46.2 Å². The molecular formula is C12H25NO2S. The summed E-state index contributed by atoms with van der Waals surface area (Å²) in [5, 5.41) is 3.42. The summed E-state index contributed by atoms with van der Waals surface area (Å²) in [5.41, 5.74) is 0.